The third kappa shape index (κ3) is 6.37. The first-order chi connectivity index (χ1) is 20.1. The summed E-state index contributed by atoms with van der Waals surface area (Å²) in [5.41, 5.74) is 24.3. The monoisotopic (exact) mass is 533 g/mol. The predicted octanol–water partition coefficient (Wildman–Crippen LogP) is 9.84. The summed E-state index contributed by atoms with van der Waals surface area (Å²) in [5, 5.41) is 0. The second-order valence-corrected chi connectivity index (χ2v) is 9.68. The lowest BCUT2D eigenvalue weighted by Gasteiger charge is -2.12. The van der Waals surface area contributed by atoms with Crippen LogP contribution in [0, 0.1) is 0 Å². The van der Waals surface area contributed by atoms with Crippen LogP contribution in [0.15, 0.2) is 140 Å². The number of nitrogens with zero attached hydrogens (tertiary/aromatic N) is 1. The van der Waals surface area contributed by atoms with Gasteiger partial charge in [-0.05, 0) is 64.6 Å². The van der Waals surface area contributed by atoms with Crippen LogP contribution in [0.1, 0.15) is 25.8 Å². The highest BCUT2D eigenvalue weighted by molar-refractivity contribution is 5.82. The lowest BCUT2D eigenvalue weighted by Crippen LogP contribution is -1.94. The number of nitrogens with two attached hydrogens (primary N) is 2. The molecule has 0 atom stereocenters. The SMILES string of the molecule is CC.Nc1ccc(N)c(-c2ccc(-c3cc(-c4ccc(C5=CC=CCC=C5)cc4)cc(-c4ccccc4)n3)cc2)c1. The third-order valence-corrected chi connectivity index (χ3v) is 7.00. The van der Waals surface area contributed by atoms with Gasteiger partial charge in [-0.2, -0.15) is 0 Å². The quantitative estimate of drug-likeness (QED) is 0.221. The fourth-order valence-corrected chi connectivity index (χ4v) is 4.87. The van der Waals surface area contributed by atoms with Gasteiger partial charge in [-0.15, -0.1) is 0 Å². The molecular formula is C38H35N3. The maximum atomic E-state index is 6.23. The molecule has 0 saturated heterocycles. The fourth-order valence-electron chi connectivity index (χ4n) is 4.87. The zero-order valence-corrected chi connectivity index (χ0v) is 23.6. The summed E-state index contributed by atoms with van der Waals surface area (Å²) in [5.74, 6) is 0. The van der Waals surface area contributed by atoms with Crippen LogP contribution in [0.5, 0.6) is 0 Å². The van der Waals surface area contributed by atoms with Gasteiger partial charge in [0.25, 0.3) is 0 Å². The van der Waals surface area contributed by atoms with Crippen molar-refractivity contribution in [1.29, 1.82) is 0 Å². The van der Waals surface area contributed by atoms with Crippen molar-refractivity contribution in [3.8, 4) is 44.8 Å². The Bertz CT molecular complexity index is 1710. The van der Waals surface area contributed by atoms with E-state index in [4.69, 9.17) is 16.5 Å². The average Bonchev–Trinajstić information content (AvgIpc) is 3.33. The first-order valence-electron chi connectivity index (χ1n) is 14.1. The van der Waals surface area contributed by atoms with Crippen molar-refractivity contribution in [3.63, 3.8) is 0 Å². The summed E-state index contributed by atoms with van der Waals surface area (Å²) in [6.45, 7) is 4.00. The Hall–Kier alpha value is -5.15. The molecule has 0 unspecified atom stereocenters. The Balaban J connectivity index is 0.00000165. The Morgan fingerprint density at radius 1 is 0.561 bits per heavy atom. The van der Waals surface area contributed by atoms with Crippen molar-refractivity contribution >= 4 is 16.9 Å². The first kappa shape index (κ1) is 27.4. The number of hydrogen-bond donors (Lipinski definition) is 2. The summed E-state index contributed by atoms with van der Waals surface area (Å²) < 4.78 is 0. The summed E-state index contributed by atoms with van der Waals surface area (Å²) in [6.07, 6.45) is 11.8. The van der Waals surface area contributed by atoms with E-state index < -0.39 is 0 Å². The van der Waals surface area contributed by atoms with Crippen LogP contribution in [0.2, 0.25) is 0 Å². The largest absolute Gasteiger partial charge is 0.399 e. The molecule has 0 amide bonds. The number of anilines is 2. The van der Waals surface area contributed by atoms with Gasteiger partial charge in [0.15, 0.2) is 0 Å². The minimum Gasteiger partial charge on any atom is -0.399 e. The Morgan fingerprint density at radius 3 is 1.88 bits per heavy atom. The summed E-state index contributed by atoms with van der Waals surface area (Å²) in [6, 6.07) is 37.4. The van der Waals surface area contributed by atoms with Gasteiger partial charge in [-0.3, -0.25) is 0 Å². The molecule has 1 aliphatic carbocycles. The van der Waals surface area contributed by atoms with Gasteiger partial charge in [0.1, 0.15) is 0 Å². The van der Waals surface area contributed by atoms with Crippen LogP contribution in [0.3, 0.4) is 0 Å². The number of hydrogen-bond acceptors (Lipinski definition) is 3. The van der Waals surface area contributed by atoms with Gasteiger partial charge < -0.3 is 11.5 Å². The van der Waals surface area contributed by atoms with Gasteiger partial charge in [0, 0.05) is 28.1 Å². The number of nitrogen functional groups attached to an aromatic ring is 2. The number of pyridine rings is 1. The molecule has 6 rings (SSSR count). The Morgan fingerprint density at radius 2 is 1.17 bits per heavy atom. The third-order valence-electron chi connectivity index (χ3n) is 7.00. The van der Waals surface area contributed by atoms with E-state index in [1.807, 2.05) is 50.2 Å². The summed E-state index contributed by atoms with van der Waals surface area (Å²) in [7, 11) is 0. The van der Waals surface area contributed by atoms with Crippen molar-refractivity contribution in [3.05, 3.63) is 145 Å². The predicted molar refractivity (Wildman–Crippen MR) is 177 cm³/mol. The standard InChI is InChI=1S/C36H29N3.C2H6/c37-32-20-21-34(38)33(24-32)28-16-18-30(19-17-28)36-23-31(22-35(39-36)29-10-6-3-7-11-29)27-14-12-26(13-15-27)25-8-4-1-2-5-9-25;1-2/h1,3-24H,2,37-38H2;1-2H3. The van der Waals surface area contributed by atoms with E-state index in [-0.39, 0.29) is 0 Å². The zero-order chi connectivity index (χ0) is 28.6. The number of aromatic nitrogens is 1. The van der Waals surface area contributed by atoms with Crippen LogP contribution in [0.4, 0.5) is 11.4 Å². The minimum absolute atomic E-state index is 0.694. The number of rotatable bonds is 5. The smallest absolute Gasteiger partial charge is 0.0715 e. The molecule has 1 heterocycles. The van der Waals surface area contributed by atoms with Gasteiger partial charge in [0.05, 0.1) is 11.4 Å². The molecule has 0 aliphatic heterocycles. The fraction of sp³-hybridized carbons (Fsp3) is 0.0789. The van der Waals surface area contributed by atoms with Gasteiger partial charge in [0.2, 0.25) is 0 Å². The van der Waals surface area contributed by atoms with Crippen LogP contribution >= 0.6 is 0 Å². The number of benzene rings is 4. The molecule has 5 aromatic rings. The highest BCUT2D eigenvalue weighted by atomic mass is 14.7. The van der Waals surface area contributed by atoms with E-state index in [1.54, 1.807) is 0 Å². The van der Waals surface area contributed by atoms with E-state index in [9.17, 15) is 0 Å². The van der Waals surface area contributed by atoms with Crippen LogP contribution < -0.4 is 11.5 Å². The van der Waals surface area contributed by atoms with Crippen molar-refractivity contribution in [2.45, 2.75) is 20.3 Å². The molecule has 1 aromatic heterocycles. The van der Waals surface area contributed by atoms with Crippen molar-refractivity contribution in [2.75, 3.05) is 11.5 Å². The molecule has 0 fully saturated rings. The molecule has 202 valence electrons. The van der Waals surface area contributed by atoms with Crippen molar-refractivity contribution < 1.29 is 0 Å². The van der Waals surface area contributed by atoms with E-state index >= 15 is 0 Å². The molecule has 4 aromatic carbocycles. The molecule has 3 heteroatoms. The van der Waals surface area contributed by atoms with Crippen LogP contribution in [0.25, 0.3) is 50.3 Å². The average molecular weight is 534 g/mol. The molecule has 0 spiro atoms. The van der Waals surface area contributed by atoms with Crippen LogP contribution in [-0.2, 0) is 0 Å². The molecule has 0 radical (unpaired) electrons. The summed E-state index contributed by atoms with van der Waals surface area (Å²) in [4.78, 5) is 5.06. The number of allylic oxidation sites excluding steroid dienone is 6. The normalized spacial score (nSPS) is 12.2. The van der Waals surface area contributed by atoms with E-state index in [0.29, 0.717) is 11.4 Å². The molecule has 0 saturated carbocycles. The zero-order valence-electron chi connectivity index (χ0n) is 23.6. The Kier molecular flexibility index (Phi) is 8.56. The second-order valence-electron chi connectivity index (χ2n) is 9.68. The molecule has 1 aliphatic rings. The summed E-state index contributed by atoms with van der Waals surface area (Å²) >= 11 is 0. The minimum atomic E-state index is 0.694. The lowest BCUT2D eigenvalue weighted by molar-refractivity contribution is 1.32. The molecule has 4 N–H and O–H groups in total. The van der Waals surface area contributed by atoms with Gasteiger partial charge in [-0.1, -0.05) is 123 Å². The molecule has 0 bridgehead atoms. The van der Waals surface area contributed by atoms with E-state index in [1.165, 1.54) is 11.1 Å². The molecule has 3 nitrogen and oxygen atoms in total. The highest BCUT2D eigenvalue weighted by Crippen LogP contribution is 2.33. The van der Waals surface area contributed by atoms with E-state index in [0.717, 1.165) is 51.2 Å². The lowest BCUT2D eigenvalue weighted by atomic mass is 9.96. The first-order valence-corrected chi connectivity index (χ1v) is 14.1. The second kappa shape index (κ2) is 12.8. The molecule has 41 heavy (non-hydrogen) atoms. The Labute approximate surface area is 243 Å². The van der Waals surface area contributed by atoms with Crippen molar-refractivity contribution in [2.24, 2.45) is 0 Å². The van der Waals surface area contributed by atoms with Gasteiger partial charge in [-0.25, -0.2) is 4.98 Å². The van der Waals surface area contributed by atoms with Crippen LogP contribution in [-0.4, -0.2) is 4.98 Å². The maximum absolute atomic E-state index is 6.23. The molecular weight excluding hydrogens is 498 g/mol. The van der Waals surface area contributed by atoms with Crippen molar-refractivity contribution in [1.82, 2.24) is 4.98 Å². The topological polar surface area (TPSA) is 64.9 Å². The highest BCUT2D eigenvalue weighted by Gasteiger charge is 2.11. The van der Waals surface area contributed by atoms with E-state index in [2.05, 4.69) is 103 Å². The maximum Gasteiger partial charge on any atom is 0.0715 e. The van der Waals surface area contributed by atoms with Gasteiger partial charge >= 0.3 is 0 Å².